The molecule has 0 spiro atoms. The van der Waals surface area contributed by atoms with Gasteiger partial charge in [-0.05, 0) is 39.1 Å². The number of carbonyl (C=O) groups excluding carboxylic acids is 1. The van der Waals surface area contributed by atoms with Gasteiger partial charge in [0.1, 0.15) is 11.4 Å². The molecule has 1 atom stereocenters. The number of likely N-dealkylation sites (tertiary alicyclic amines) is 1. The molecule has 134 valence electrons. The molecule has 1 saturated heterocycles. The number of aromatic nitrogens is 1. The maximum Gasteiger partial charge on any atom is 0.259 e. The minimum absolute atomic E-state index is 0.0350. The molecule has 2 heterocycles. The Labute approximate surface area is 144 Å². The number of hydrogen-bond donors (Lipinski definition) is 2. The van der Waals surface area contributed by atoms with Crippen LogP contribution in [0, 0.1) is 5.82 Å². The highest BCUT2D eigenvalue weighted by molar-refractivity contribution is 5.97. The minimum atomic E-state index is -0.993. The number of fused-ring (bicyclic) bond motifs is 1. The van der Waals surface area contributed by atoms with Gasteiger partial charge >= 0.3 is 0 Å². The first-order valence-corrected chi connectivity index (χ1v) is 8.27. The predicted molar refractivity (Wildman–Crippen MR) is 93.2 cm³/mol. The summed E-state index contributed by atoms with van der Waals surface area (Å²) in [5.41, 5.74) is -1.44. The molecule has 0 radical (unpaired) electrons. The molecule has 3 rings (SSSR count). The van der Waals surface area contributed by atoms with Crippen LogP contribution in [0.4, 0.5) is 4.39 Å². The first-order valence-electron chi connectivity index (χ1n) is 8.27. The normalized spacial score (nSPS) is 21.1. The van der Waals surface area contributed by atoms with E-state index in [2.05, 4.69) is 4.98 Å². The maximum absolute atomic E-state index is 13.8. The summed E-state index contributed by atoms with van der Waals surface area (Å²) in [6.07, 6.45) is 2.53. The maximum atomic E-state index is 13.8. The Morgan fingerprint density at radius 3 is 2.92 bits per heavy atom. The van der Waals surface area contributed by atoms with Gasteiger partial charge < -0.3 is 19.9 Å². The smallest absolute Gasteiger partial charge is 0.259 e. The number of benzene rings is 1. The molecular formula is C18H22FN3O3. The Balaban J connectivity index is 1.92. The molecule has 1 amide bonds. The van der Waals surface area contributed by atoms with Crippen molar-refractivity contribution in [3.8, 4) is 0 Å². The Kier molecular flexibility index (Phi) is 4.62. The third kappa shape index (κ3) is 3.43. The zero-order valence-corrected chi connectivity index (χ0v) is 14.4. The van der Waals surface area contributed by atoms with Crippen molar-refractivity contribution >= 4 is 16.8 Å². The van der Waals surface area contributed by atoms with Crippen molar-refractivity contribution in [2.24, 2.45) is 0 Å². The van der Waals surface area contributed by atoms with Crippen LogP contribution in [-0.2, 0) is 0 Å². The van der Waals surface area contributed by atoms with Gasteiger partial charge in [-0.15, -0.1) is 0 Å². The van der Waals surface area contributed by atoms with Crippen molar-refractivity contribution in [3.63, 3.8) is 0 Å². The van der Waals surface area contributed by atoms with Crippen molar-refractivity contribution in [2.75, 3.05) is 33.7 Å². The highest BCUT2D eigenvalue weighted by atomic mass is 19.1. The van der Waals surface area contributed by atoms with E-state index < -0.39 is 22.8 Å². The molecule has 2 aromatic rings. The summed E-state index contributed by atoms with van der Waals surface area (Å²) in [4.78, 5) is 31.5. The van der Waals surface area contributed by atoms with Crippen LogP contribution in [0.15, 0.2) is 29.2 Å². The molecule has 0 aliphatic carbocycles. The molecule has 1 fully saturated rings. The summed E-state index contributed by atoms with van der Waals surface area (Å²) in [5.74, 6) is -0.976. The number of pyridine rings is 1. The van der Waals surface area contributed by atoms with E-state index in [9.17, 15) is 19.1 Å². The Hall–Kier alpha value is -2.25. The second-order valence-electron chi connectivity index (χ2n) is 6.99. The Morgan fingerprint density at radius 2 is 2.20 bits per heavy atom. The van der Waals surface area contributed by atoms with Crippen molar-refractivity contribution in [1.82, 2.24) is 14.8 Å². The third-order valence-electron chi connectivity index (χ3n) is 4.55. The summed E-state index contributed by atoms with van der Waals surface area (Å²) < 4.78 is 13.8. The van der Waals surface area contributed by atoms with E-state index in [0.717, 1.165) is 0 Å². The Bertz CT molecular complexity index is 864. The lowest BCUT2D eigenvalue weighted by Crippen LogP contribution is -2.55. The van der Waals surface area contributed by atoms with E-state index in [1.807, 2.05) is 19.0 Å². The first-order chi connectivity index (χ1) is 11.8. The van der Waals surface area contributed by atoms with Crippen LogP contribution in [0.3, 0.4) is 0 Å². The predicted octanol–water partition coefficient (Wildman–Crippen LogP) is 1.20. The van der Waals surface area contributed by atoms with Gasteiger partial charge in [0, 0.05) is 24.7 Å². The Morgan fingerprint density at radius 1 is 1.44 bits per heavy atom. The summed E-state index contributed by atoms with van der Waals surface area (Å²) >= 11 is 0. The molecule has 25 heavy (non-hydrogen) atoms. The number of nitrogens with zero attached hydrogens (tertiary/aromatic N) is 2. The molecule has 1 unspecified atom stereocenters. The molecular weight excluding hydrogens is 325 g/mol. The molecule has 2 N–H and O–H groups in total. The van der Waals surface area contributed by atoms with Crippen LogP contribution in [0.1, 0.15) is 23.2 Å². The van der Waals surface area contributed by atoms with Crippen molar-refractivity contribution in [2.45, 2.75) is 18.4 Å². The van der Waals surface area contributed by atoms with Crippen LogP contribution >= 0.6 is 0 Å². The lowest BCUT2D eigenvalue weighted by atomic mass is 9.92. The van der Waals surface area contributed by atoms with Crippen molar-refractivity contribution in [1.29, 1.82) is 0 Å². The molecule has 0 bridgehead atoms. The van der Waals surface area contributed by atoms with Gasteiger partial charge in [0.25, 0.3) is 5.91 Å². The minimum Gasteiger partial charge on any atom is -0.387 e. The van der Waals surface area contributed by atoms with Gasteiger partial charge in [-0.1, -0.05) is 6.07 Å². The highest BCUT2D eigenvalue weighted by Crippen LogP contribution is 2.23. The number of H-pyrrole nitrogens is 1. The molecule has 1 aliphatic heterocycles. The lowest BCUT2D eigenvalue weighted by molar-refractivity contribution is -0.0391. The third-order valence-corrected chi connectivity index (χ3v) is 4.55. The van der Waals surface area contributed by atoms with Gasteiger partial charge in [0.2, 0.25) is 5.43 Å². The number of hydrogen-bond acceptors (Lipinski definition) is 4. The fraction of sp³-hybridized carbons (Fsp3) is 0.444. The fourth-order valence-electron chi connectivity index (χ4n) is 3.55. The molecule has 6 nitrogen and oxygen atoms in total. The average molecular weight is 347 g/mol. The molecule has 7 heteroatoms. The first kappa shape index (κ1) is 17.6. The van der Waals surface area contributed by atoms with Crippen LogP contribution in [-0.4, -0.2) is 65.1 Å². The summed E-state index contributed by atoms with van der Waals surface area (Å²) in [5, 5.41) is 10.9. The van der Waals surface area contributed by atoms with Crippen LogP contribution in [0.2, 0.25) is 0 Å². The number of piperidine rings is 1. The molecule has 0 saturated carbocycles. The second kappa shape index (κ2) is 6.57. The van der Waals surface area contributed by atoms with Crippen LogP contribution in [0.25, 0.3) is 10.9 Å². The topological polar surface area (TPSA) is 76.6 Å². The zero-order valence-electron chi connectivity index (χ0n) is 14.4. The number of aliphatic hydroxyl groups is 1. The SMILES string of the molecule is CN(C)CC1(O)CCCN(C(=O)c2c[nH]c3c(F)cccc3c2=O)C1. The number of β-amino-alcohol motifs (C(OH)–C–C–N with tert-alkyl or cyclic N) is 1. The van der Waals surface area contributed by atoms with E-state index >= 15 is 0 Å². The number of rotatable bonds is 3. The summed E-state index contributed by atoms with van der Waals surface area (Å²) in [6.45, 7) is 1.09. The molecule has 1 aromatic heterocycles. The molecule has 1 aromatic carbocycles. The number of carbonyl (C=O) groups is 1. The van der Waals surface area contributed by atoms with Crippen molar-refractivity contribution in [3.05, 3.63) is 46.0 Å². The van der Waals surface area contributed by atoms with Gasteiger partial charge in [-0.2, -0.15) is 0 Å². The fourth-order valence-corrected chi connectivity index (χ4v) is 3.55. The van der Waals surface area contributed by atoms with Gasteiger partial charge in [-0.3, -0.25) is 9.59 Å². The van der Waals surface area contributed by atoms with E-state index in [4.69, 9.17) is 0 Å². The quantitative estimate of drug-likeness (QED) is 0.875. The van der Waals surface area contributed by atoms with Gasteiger partial charge in [-0.25, -0.2) is 4.39 Å². The second-order valence-corrected chi connectivity index (χ2v) is 6.99. The summed E-state index contributed by atoms with van der Waals surface area (Å²) in [6, 6.07) is 4.19. The average Bonchev–Trinajstić information content (AvgIpc) is 2.54. The number of aromatic amines is 1. The number of nitrogens with one attached hydrogen (secondary N) is 1. The zero-order chi connectivity index (χ0) is 18.2. The van der Waals surface area contributed by atoms with Crippen LogP contribution < -0.4 is 5.43 Å². The largest absolute Gasteiger partial charge is 0.387 e. The van der Waals surface area contributed by atoms with Crippen LogP contribution in [0.5, 0.6) is 0 Å². The summed E-state index contributed by atoms with van der Waals surface area (Å²) in [7, 11) is 3.72. The van der Waals surface area contributed by atoms with E-state index in [1.165, 1.54) is 29.3 Å². The molecule has 1 aliphatic rings. The lowest BCUT2D eigenvalue weighted by Gasteiger charge is -2.40. The van der Waals surface area contributed by atoms with E-state index in [-0.39, 0.29) is 23.0 Å². The highest BCUT2D eigenvalue weighted by Gasteiger charge is 2.36. The van der Waals surface area contributed by atoms with E-state index in [1.54, 1.807) is 0 Å². The number of para-hydroxylation sites is 1. The van der Waals surface area contributed by atoms with Gasteiger partial charge in [0.15, 0.2) is 0 Å². The van der Waals surface area contributed by atoms with Gasteiger partial charge in [0.05, 0.1) is 17.7 Å². The monoisotopic (exact) mass is 347 g/mol. The number of likely N-dealkylation sites (N-methyl/N-ethyl adjacent to an activating group) is 1. The van der Waals surface area contributed by atoms with E-state index in [0.29, 0.717) is 25.9 Å². The standard InChI is InChI=1S/C18H22FN3O3/c1-21(2)10-18(25)7-4-8-22(11-18)17(24)13-9-20-15-12(16(13)23)5-3-6-14(15)19/h3,5-6,9,25H,4,7-8,10-11H2,1-2H3,(H,20,23). The number of halogens is 1. The number of amides is 1. The van der Waals surface area contributed by atoms with Crippen molar-refractivity contribution < 1.29 is 14.3 Å².